The summed E-state index contributed by atoms with van der Waals surface area (Å²) in [5.41, 5.74) is -0.432. The Morgan fingerprint density at radius 2 is 1.89 bits per heavy atom. The summed E-state index contributed by atoms with van der Waals surface area (Å²) >= 11 is 8.83. The number of alkyl carbamates (subject to hydrolysis) is 1. The van der Waals surface area contributed by atoms with Crippen molar-refractivity contribution in [1.82, 2.24) is 5.32 Å². The second-order valence-corrected chi connectivity index (χ2v) is 7.07. The lowest BCUT2D eigenvalue weighted by Gasteiger charge is -2.25. The van der Waals surface area contributed by atoms with Crippen LogP contribution in [-0.2, 0) is 4.74 Å². The van der Waals surface area contributed by atoms with Crippen molar-refractivity contribution in [3.63, 3.8) is 0 Å². The molecule has 0 spiro atoms. The van der Waals surface area contributed by atoms with Crippen LogP contribution in [0.25, 0.3) is 0 Å². The summed E-state index contributed by atoms with van der Waals surface area (Å²) in [6.45, 7) is 6.29. The van der Waals surface area contributed by atoms with Crippen LogP contribution >= 0.6 is 25.3 Å². The van der Waals surface area contributed by atoms with E-state index in [0.29, 0.717) is 18.4 Å². The van der Waals surface area contributed by atoms with Crippen LogP contribution in [0.4, 0.5) is 4.79 Å². The maximum atomic E-state index is 11.6. The van der Waals surface area contributed by atoms with Crippen molar-refractivity contribution in [3.8, 4) is 0 Å². The highest BCUT2D eigenvalue weighted by molar-refractivity contribution is 7.81. The molecule has 0 aromatic rings. The second kappa shape index (κ2) is 7.67. The van der Waals surface area contributed by atoms with Crippen LogP contribution in [0.15, 0.2) is 0 Å². The van der Waals surface area contributed by atoms with Crippen LogP contribution in [0.5, 0.6) is 0 Å². The molecule has 0 radical (unpaired) electrons. The highest BCUT2D eigenvalue weighted by Gasteiger charge is 2.35. The van der Waals surface area contributed by atoms with E-state index in [2.05, 4.69) is 30.6 Å². The Bertz CT molecular complexity index is 284. The van der Waals surface area contributed by atoms with Crippen LogP contribution < -0.4 is 5.32 Å². The molecular weight excluding hydrogens is 278 g/mol. The van der Waals surface area contributed by atoms with E-state index >= 15 is 0 Å². The fourth-order valence-electron chi connectivity index (χ4n) is 2.36. The number of amides is 1. The SMILES string of the molecule is CC(C)(C)OC(=O)NCCC(C(CS)CS)C1CC1. The molecule has 1 N–H and O–H groups in total. The van der Waals surface area contributed by atoms with E-state index in [1.54, 1.807) is 0 Å². The van der Waals surface area contributed by atoms with Gasteiger partial charge in [0.25, 0.3) is 0 Å². The van der Waals surface area contributed by atoms with Gasteiger partial charge in [-0.2, -0.15) is 25.3 Å². The van der Waals surface area contributed by atoms with Gasteiger partial charge in [-0.1, -0.05) is 0 Å². The largest absolute Gasteiger partial charge is 0.444 e. The molecular formula is C14H27NO2S2. The van der Waals surface area contributed by atoms with Crippen LogP contribution in [0, 0.1) is 17.8 Å². The number of thiol groups is 2. The molecule has 1 fully saturated rings. The Morgan fingerprint density at radius 1 is 1.32 bits per heavy atom. The molecule has 0 bridgehead atoms. The number of hydrogen-bond acceptors (Lipinski definition) is 4. The minimum absolute atomic E-state index is 0.324. The molecule has 0 aromatic heterocycles. The number of rotatable bonds is 7. The molecule has 1 aliphatic rings. The predicted octanol–water partition coefficient (Wildman–Crippen LogP) is 3.40. The van der Waals surface area contributed by atoms with Gasteiger partial charge in [-0.05, 0) is 69.3 Å². The van der Waals surface area contributed by atoms with Gasteiger partial charge in [0.05, 0.1) is 0 Å². The van der Waals surface area contributed by atoms with Gasteiger partial charge in [0.2, 0.25) is 0 Å². The van der Waals surface area contributed by atoms with Gasteiger partial charge < -0.3 is 10.1 Å². The van der Waals surface area contributed by atoms with E-state index in [1.165, 1.54) is 12.8 Å². The normalized spacial score (nSPS) is 17.4. The van der Waals surface area contributed by atoms with Gasteiger partial charge in [0, 0.05) is 6.54 Å². The maximum Gasteiger partial charge on any atom is 0.407 e. The minimum Gasteiger partial charge on any atom is -0.444 e. The topological polar surface area (TPSA) is 38.3 Å². The van der Waals surface area contributed by atoms with Crippen molar-refractivity contribution >= 4 is 31.4 Å². The molecule has 1 atom stereocenters. The van der Waals surface area contributed by atoms with Crippen molar-refractivity contribution in [2.45, 2.75) is 45.6 Å². The Kier molecular flexibility index (Phi) is 6.87. The smallest absolute Gasteiger partial charge is 0.407 e. The highest BCUT2D eigenvalue weighted by Crippen LogP contribution is 2.42. The molecule has 5 heteroatoms. The Hall–Kier alpha value is -0.0300. The Labute approximate surface area is 128 Å². The molecule has 0 heterocycles. The van der Waals surface area contributed by atoms with Gasteiger partial charge in [-0.3, -0.25) is 0 Å². The van der Waals surface area contributed by atoms with Crippen molar-refractivity contribution in [2.24, 2.45) is 17.8 Å². The number of carbonyl (C=O) groups excluding carboxylic acids is 1. The molecule has 0 saturated heterocycles. The third-order valence-electron chi connectivity index (χ3n) is 3.45. The first-order valence-corrected chi connectivity index (χ1v) is 8.32. The molecule has 1 unspecified atom stereocenters. The second-order valence-electron chi connectivity index (χ2n) is 6.34. The first kappa shape index (κ1) is 17.0. The average Bonchev–Trinajstić information content (AvgIpc) is 3.09. The van der Waals surface area contributed by atoms with Crippen LogP contribution in [0.3, 0.4) is 0 Å². The summed E-state index contributed by atoms with van der Waals surface area (Å²) in [6, 6.07) is 0. The molecule has 1 amide bonds. The van der Waals surface area contributed by atoms with Crippen LogP contribution in [0.1, 0.15) is 40.0 Å². The lowest BCUT2D eigenvalue weighted by Crippen LogP contribution is -2.34. The van der Waals surface area contributed by atoms with E-state index < -0.39 is 5.60 Å². The van der Waals surface area contributed by atoms with Crippen molar-refractivity contribution < 1.29 is 9.53 Å². The summed E-state index contributed by atoms with van der Waals surface area (Å²) in [7, 11) is 0. The monoisotopic (exact) mass is 305 g/mol. The average molecular weight is 306 g/mol. The van der Waals surface area contributed by atoms with E-state index in [1.807, 2.05) is 20.8 Å². The fraction of sp³-hybridized carbons (Fsp3) is 0.929. The highest BCUT2D eigenvalue weighted by atomic mass is 32.1. The maximum absolute atomic E-state index is 11.6. The van der Waals surface area contributed by atoms with Gasteiger partial charge in [0.15, 0.2) is 0 Å². The van der Waals surface area contributed by atoms with E-state index in [9.17, 15) is 4.79 Å². The standard InChI is InChI=1S/C14H27NO2S2/c1-14(2,3)17-13(16)15-7-6-12(10-4-5-10)11(8-18)9-19/h10-12,18-19H,4-9H2,1-3H3,(H,15,16). The van der Waals surface area contributed by atoms with Gasteiger partial charge in [-0.25, -0.2) is 4.79 Å². The van der Waals surface area contributed by atoms with E-state index in [4.69, 9.17) is 4.74 Å². The predicted molar refractivity (Wildman–Crippen MR) is 86.3 cm³/mol. The van der Waals surface area contributed by atoms with Crippen molar-refractivity contribution in [2.75, 3.05) is 18.1 Å². The van der Waals surface area contributed by atoms with E-state index in [-0.39, 0.29) is 6.09 Å². The molecule has 0 aromatic carbocycles. The third kappa shape index (κ3) is 6.80. The summed E-state index contributed by atoms with van der Waals surface area (Å²) in [5.74, 6) is 3.73. The molecule has 1 aliphatic carbocycles. The van der Waals surface area contributed by atoms with Crippen LogP contribution in [-0.4, -0.2) is 29.7 Å². The number of ether oxygens (including phenoxy) is 1. The third-order valence-corrected chi connectivity index (χ3v) is 4.39. The molecule has 3 nitrogen and oxygen atoms in total. The lowest BCUT2D eigenvalue weighted by molar-refractivity contribution is 0.0523. The van der Waals surface area contributed by atoms with Gasteiger partial charge >= 0.3 is 6.09 Å². The van der Waals surface area contributed by atoms with Gasteiger partial charge in [-0.15, -0.1) is 0 Å². The first-order valence-electron chi connectivity index (χ1n) is 7.06. The Balaban J connectivity index is 2.31. The zero-order valence-electron chi connectivity index (χ0n) is 12.2. The fourth-order valence-corrected chi connectivity index (χ4v) is 3.37. The number of hydrogen-bond donors (Lipinski definition) is 3. The zero-order valence-corrected chi connectivity index (χ0v) is 14.0. The van der Waals surface area contributed by atoms with Crippen molar-refractivity contribution in [1.29, 1.82) is 0 Å². The molecule has 19 heavy (non-hydrogen) atoms. The Morgan fingerprint density at radius 3 is 2.32 bits per heavy atom. The molecule has 112 valence electrons. The lowest BCUT2D eigenvalue weighted by atomic mass is 9.87. The summed E-state index contributed by atoms with van der Waals surface area (Å²) in [4.78, 5) is 11.6. The van der Waals surface area contributed by atoms with Crippen LogP contribution in [0.2, 0.25) is 0 Å². The summed E-state index contributed by atoms with van der Waals surface area (Å²) < 4.78 is 5.23. The number of carbonyl (C=O) groups is 1. The van der Waals surface area contributed by atoms with Gasteiger partial charge in [0.1, 0.15) is 5.60 Å². The molecule has 1 rings (SSSR count). The summed E-state index contributed by atoms with van der Waals surface area (Å²) in [5, 5.41) is 2.84. The first-order chi connectivity index (χ1) is 8.87. The quantitative estimate of drug-likeness (QED) is 0.631. The molecule has 1 saturated carbocycles. The number of nitrogens with one attached hydrogen (secondary N) is 1. The summed E-state index contributed by atoms with van der Waals surface area (Å²) in [6.07, 6.45) is 3.30. The molecule has 0 aliphatic heterocycles. The zero-order chi connectivity index (χ0) is 14.5. The minimum atomic E-state index is -0.432. The van der Waals surface area contributed by atoms with E-state index in [0.717, 1.165) is 23.8 Å². The van der Waals surface area contributed by atoms with Crippen molar-refractivity contribution in [3.05, 3.63) is 0 Å².